The summed E-state index contributed by atoms with van der Waals surface area (Å²) in [6.45, 7) is 4.78. The molecule has 0 aromatic heterocycles. The smallest absolute Gasteiger partial charge is 0.267 e. The third-order valence-electron chi connectivity index (χ3n) is 7.45. The Kier molecular flexibility index (Phi) is 9.43. The van der Waals surface area contributed by atoms with Gasteiger partial charge < -0.3 is 9.47 Å². The summed E-state index contributed by atoms with van der Waals surface area (Å²) in [6.07, 6.45) is 8.30. The van der Waals surface area contributed by atoms with Crippen LogP contribution < -0.4 is 9.47 Å². The van der Waals surface area contributed by atoms with Crippen molar-refractivity contribution >= 4 is 34.6 Å². The van der Waals surface area contributed by atoms with Crippen LogP contribution in [0.4, 0.5) is 5.69 Å². The first-order chi connectivity index (χ1) is 20.1. The molecule has 1 aliphatic heterocycles. The average Bonchev–Trinajstić information content (AvgIpc) is 3.31. The monoisotopic (exact) mass is 565 g/mol. The minimum absolute atomic E-state index is 0.0148. The molecule has 2 fully saturated rings. The number of para-hydroxylation sites is 1. The largest absolute Gasteiger partial charge is 0.490 e. The number of ether oxygens (including phenoxy) is 2. The number of aryl methyl sites for hydroxylation is 1. The third kappa shape index (κ3) is 6.66. The molecule has 0 N–H and O–H groups in total. The van der Waals surface area contributed by atoms with Gasteiger partial charge in [-0.2, -0.15) is 5.26 Å². The second-order valence-electron chi connectivity index (χ2n) is 10.2. The molecule has 41 heavy (non-hydrogen) atoms. The maximum atomic E-state index is 13.8. The van der Waals surface area contributed by atoms with E-state index in [-0.39, 0.29) is 18.6 Å². The van der Waals surface area contributed by atoms with Gasteiger partial charge in [0.2, 0.25) is 0 Å². The third-order valence-corrected chi connectivity index (χ3v) is 8.43. The van der Waals surface area contributed by atoms with Crippen LogP contribution in [0.5, 0.6) is 11.5 Å². The van der Waals surface area contributed by atoms with Crippen LogP contribution in [0.15, 0.2) is 76.6 Å². The van der Waals surface area contributed by atoms with Crippen LogP contribution in [0.2, 0.25) is 0 Å². The number of thioether (sulfide) groups is 1. The molecule has 0 radical (unpaired) electrons. The van der Waals surface area contributed by atoms with E-state index in [0.717, 1.165) is 54.1 Å². The molecule has 7 heteroatoms. The SMILES string of the molecule is CCOc1cc(/C=C2/SC(=Nc3ccccc3CC)N(C3CCCCC3)C2=O)ccc1OCc1ccccc1C#N. The van der Waals surface area contributed by atoms with Crippen molar-refractivity contribution < 1.29 is 14.3 Å². The molecule has 3 aromatic rings. The predicted octanol–water partition coefficient (Wildman–Crippen LogP) is 8.04. The van der Waals surface area contributed by atoms with Crippen molar-refractivity contribution in [1.29, 1.82) is 5.26 Å². The van der Waals surface area contributed by atoms with Gasteiger partial charge in [-0.3, -0.25) is 9.69 Å². The highest BCUT2D eigenvalue weighted by Gasteiger charge is 2.38. The number of rotatable bonds is 9. The summed E-state index contributed by atoms with van der Waals surface area (Å²) < 4.78 is 12.0. The van der Waals surface area contributed by atoms with Crippen molar-refractivity contribution in [3.05, 3.63) is 93.9 Å². The van der Waals surface area contributed by atoms with Gasteiger partial charge in [-0.05, 0) is 79.4 Å². The lowest BCUT2D eigenvalue weighted by atomic mass is 9.94. The lowest BCUT2D eigenvalue weighted by Gasteiger charge is -2.30. The molecule has 0 atom stereocenters. The summed E-state index contributed by atoms with van der Waals surface area (Å²) in [5.74, 6) is 1.21. The molecule has 1 heterocycles. The zero-order valence-electron chi connectivity index (χ0n) is 23.6. The van der Waals surface area contributed by atoms with Gasteiger partial charge in [0, 0.05) is 11.6 Å². The van der Waals surface area contributed by atoms with Crippen molar-refractivity contribution in [3.63, 3.8) is 0 Å². The molecule has 2 aliphatic rings. The first kappa shape index (κ1) is 28.5. The number of carbonyl (C=O) groups excluding carboxylic acids is 1. The van der Waals surface area contributed by atoms with Crippen LogP contribution in [0.3, 0.4) is 0 Å². The fraction of sp³-hybridized carbons (Fsp3) is 0.324. The second-order valence-corrected chi connectivity index (χ2v) is 11.2. The number of nitrogens with zero attached hydrogens (tertiary/aromatic N) is 3. The van der Waals surface area contributed by atoms with E-state index in [4.69, 9.17) is 14.5 Å². The van der Waals surface area contributed by atoms with Gasteiger partial charge in [0.1, 0.15) is 6.61 Å². The minimum atomic E-state index is 0.0148. The van der Waals surface area contributed by atoms with Crippen molar-refractivity contribution in [2.45, 2.75) is 65.0 Å². The Morgan fingerprint density at radius 1 is 0.976 bits per heavy atom. The molecule has 0 bridgehead atoms. The van der Waals surface area contributed by atoms with Gasteiger partial charge in [-0.1, -0.05) is 68.7 Å². The van der Waals surface area contributed by atoms with Gasteiger partial charge in [-0.25, -0.2) is 4.99 Å². The van der Waals surface area contributed by atoms with Crippen molar-refractivity contribution in [2.75, 3.05) is 6.61 Å². The normalized spacial score (nSPS) is 17.7. The van der Waals surface area contributed by atoms with Crippen LogP contribution in [-0.4, -0.2) is 28.6 Å². The van der Waals surface area contributed by atoms with E-state index >= 15 is 0 Å². The van der Waals surface area contributed by atoms with E-state index in [1.807, 2.05) is 72.5 Å². The fourth-order valence-electron chi connectivity index (χ4n) is 5.31. The lowest BCUT2D eigenvalue weighted by molar-refractivity contribution is -0.124. The molecule has 3 aromatic carbocycles. The quantitative estimate of drug-likeness (QED) is 0.246. The Labute approximate surface area is 246 Å². The summed E-state index contributed by atoms with van der Waals surface area (Å²) >= 11 is 1.45. The highest BCUT2D eigenvalue weighted by atomic mass is 32.2. The van der Waals surface area contributed by atoms with E-state index in [9.17, 15) is 10.1 Å². The zero-order valence-corrected chi connectivity index (χ0v) is 24.5. The Bertz CT molecular complexity index is 1500. The number of amidine groups is 1. The van der Waals surface area contributed by atoms with E-state index in [2.05, 4.69) is 19.1 Å². The van der Waals surface area contributed by atoms with E-state index in [1.165, 1.54) is 23.7 Å². The zero-order chi connectivity index (χ0) is 28.6. The van der Waals surface area contributed by atoms with E-state index < -0.39 is 0 Å². The summed E-state index contributed by atoms with van der Waals surface area (Å²) in [5.41, 5.74) is 4.35. The minimum Gasteiger partial charge on any atom is -0.490 e. The number of hydrogen-bond donors (Lipinski definition) is 0. The molecule has 6 nitrogen and oxygen atoms in total. The number of nitriles is 1. The Balaban J connectivity index is 1.43. The van der Waals surface area contributed by atoms with Gasteiger partial charge in [0.25, 0.3) is 5.91 Å². The van der Waals surface area contributed by atoms with Crippen LogP contribution in [0.1, 0.15) is 68.2 Å². The van der Waals surface area contributed by atoms with Gasteiger partial charge in [0.05, 0.1) is 28.8 Å². The second kappa shape index (κ2) is 13.6. The Morgan fingerprint density at radius 3 is 2.49 bits per heavy atom. The highest BCUT2D eigenvalue weighted by Crippen LogP contribution is 2.40. The standard InChI is InChI=1S/C34H35N3O3S/c1-3-25-12-10-11-17-29(25)36-34-37(28-15-6-5-7-16-28)33(38)32(41-34)21-24-18-19-30(31(20-24)39-4-2)40-23-27-14-9-8-13-26(27)22-35/h8-14,17-21,28H,3-7,15-16,23H2,1-2H3/b32-21+,36-34?. The maximum absolute atomic E-state index is 13.8. The van der Waals surface area contributed by atoms with Crippen molar-refractivity contribution in [2.24, 2.45) is 4.99 Å². The van der Waals surface area contributed by atoms with Gasteiger partial charge >= 0.3 is 0 Å². The molecular formula is C34H35N3O3S. The average molecular weight is 566 g/mol. The van der Waals surface area contributed by atoms with Crippen LogP contribution >= 0.6 is 11.8 Å². The van der Waals surface area contributed by atoms with Gasteiger partial charge in [-0.15, -0.1) is 0 Å². The highest BCUT2D eigenvalue weighted by molar-refractivity contribution is 8.18. The van der Waals surface area contributed by atoms with E-state index in [0.29, 0.717) is 28.6 Å². The molecule has 1 aliphatic carbocycles. The molecular weight excluding hydrogens is 530 g/mol. The number of amides is 1. The maximum Gasteiger partial charge on any atom is 0.267 e. The number of aliphatic imine (C=N–C) groups is 1. The first-order valence-electron chi connectivity index (χ1n) is 14.4. The Morgan fingerprint density at radius 2 is 1.73 bits per heavy atom. The predicted molar refractivity (Wildman–Crippen MR) is 165 cm³/mol. The molecule has 5 rings (SSSR count). The Hall–Kier alpha value is -4.02. The summed E-state index contributed by atoms with van der Waals surface area (Å²) in [6, 6.07) is 23.6. The van der Waals surface area contributed by atoms with Gasteiger partial charge in [0.15, 0.2) is 16.7 Å². The number of hydrogen-bond acceptors (Lipinski definition) is 6. The molecule has 210 valence electrons. The number of carbonyl (C=O) groups is 1. The van der Waals surface area contributed by atoms with Crippen molar-refractivity contribution in [1.82, 2.24) is 4.90 Å². The molecule has 0 spiro atoms. The summed E-state index contributed by atoms with van der Waals surface area (Å²) in [5, 5.41) is 10.2. The topological polar surface area (TPSA) is 74.9 Å². The fourth-order valence-corrected chi connectivity index (χ4v) is 6.36. The van der Waals surface area contributed by atoms with Crippen LogP contribution in [-0.2, 0) is 17.8 Å². The lowest BCUT2D eigenvalue weighted by Crippen LogP contribution is -2.40. The van der Waals surface area contributed by atoms with Crippen molar-refractivity contribution in [3.8, 4) is 17.6 Å². The van der Waals surface area contributed by atoms with E-state index in [1.54, 1.807) is 6.07 Å². The summed E-state index contributed by atoms with van der Waals surface area (Å²) in [4.78, 5) is 21.5. The molecule has 1 amide bonds. The molecule has 0 unspecified atom stereocenters. The molecule has 1 saturated carbocycles. The molecule has 1 saturated heterocycles. The summed E-state index contributed by atoms with van der Waals surface area (Å²) in [7, 11) is 0. The van der Waals surface area contributed by atoms with Crippen LogP contribution in [0.25, 0.3) is 6.08 Å². The number of benzene rings is 3. The van der Waals surface area contributed by atoms with Crippen LogP contribution in [0, 0.1) is 11.3 Å². The first-order valence-corrected chi connectivity index (χ1v) is 15.2.